The van der Waals surface area contributed by atoms with Crippen molar-refractivity contribution in [2.24, 2.45) is 0 Å². The van der Waals surface area contributed by atoms with E-state index in [0.29, 0.717) is 28.8 Å². The van der Waals surface area contributed by atoms with Crippen molar-refractivity contribution in [3.05, 3.63) is 35.5 Å². The number of hydrogen-bond acceptors (Lipinski definition) is 7. The van der Waals surface area contributed by atoms with Gasteiger partial charge in [-0.1, -0.05) is 12.0 Å². The van der Waals surface area contributed by atoms with E-state index in [9.17, 15) is 13.5 Å². The molecule has 0 unspecified atom stereocenters. The molecule has 1 aliphatic rings. The van der Waals surface area contributed by atoms with E-state index in [1.807, 2.05) is 4.90 Å². The van der Waals surface area contributed by atoms with Crippen molar-refractivity contribution in [1.29, 1.82) is 0 Å². The van der Waals surface area contributed by atoms with Crippen LogP contribution in [-0.2, 0) is 15.6 Å². The summed E-state index contributed by atoms with van der Waals surface area (Å²) < 4.78 is 27.4. The lowest BCUT2D eigenvalue weighted by molar-refractivity contribution is 0.0778. The number of hydrogen-bond donors (Lipinski definition) is 1. The second kappa shape index (κ2) is 7.56. The molecule has 7 nitrogen and oxygen atoms in total. The summed E-state index contributed by atoms with van der Waals surface area (Å²) in [5.41, 5.74) is -0.405. The number of piperazine rings is 1. The van der Waals surface area contributed by atoms with Crippen molar-refractivity contribution >= 4 is 27.3 Å². The first-order chi connectivity index (χ1) is 12.7. The molecule has 0 saturated carbocycles. The SMILES string of the molecule is CC#C[C@H]1CN(S(=O)(=O)c2cccs2)CCN1c1ncc(C(C)(C)O)cn1. The molecule has 27 heavy (non-hydrogen) atoms. The van der Waals surface area contributed by atoms with Gasteiger partial charge >= 0.3 is 0 Å². The molecular formula is C18H22N4O3S2. The van der Waals surface area contributed by atoms with Crippen LogP contribution in [0, 0.1) is 11.8 Å². The number of thiophene rings is 1. The summed E-state index contributed by atoms with van der Waals surface area (Å²) in [6, 6.07) is 3.01. The molecule has 3 heterocycles. The highest BCUT2D eigenvalue weighted by atomic mass is 32.2. The zero-order valence-electron chi connectivity index (χ0n) is 15.5. The quantitative estimate of drug-likeness (QED) is 0.778. The van der Waals surface area contributed by atoms with E-state index >= 15 is 0 Å². The molecule has 1 atom stereocenters. The maximum Gasteiger partial charge on any atom is 0.252 e. The average molecular weight is 407 g/mol. The minimum atomic E-state index is -3.52. The van der Waals surface area contributed by atoms with Crippen molar-refractivity contribution in [2.75, 3.05) is 24.5 Å². The van der Waals surface area contributed by atoms with Crippen LogP contribution in [0.1, 0.15) is 26.3 Å². The van der Waals surface area contributed by atoms with Gasteiger partial charge in [-0.15, -0.1) is 17.3 Å². The first-order valence-corrected chi connectivity index (χ1v) is 10.8. The van der Waals surface area contributed by atoms with Gasteiger partial charge in [0.2, 0.25) is 5.95 Å². The number of aliphatic hydroxyl groups is 1. The molecule has 9 heteroatoms. The smallest absolute Gasteiger partial charge is 0.252 e. The number of anilines is 1. The van der Waals surface area contributed by atoms with Crippen LogP contribution < -0.4 is 4.90 Å². The Balaban J connectivity index is 1.84. The molecule has 144 valence electrons. The van der Waals surface area contributed by atoms with Crippen LogP contribution in [0.2, 0.25) is 0 Å². The third-order valence-corrected chi connectivity index (χ3v) is 7.58. The normalized spacial score (nSPS) is 18.8. The van der Waals surface area contributed by atoms with Gasteiger partial charge in [-0.05, 0) is 32.2 Å². The van der Waals surface area contributed by atoms with E-state index < -0.39 is 15.6 Å². The van der Waals surface area contributed by atoms with Crippen LogP contribution in [0.3, 0.4) is 0 Å². The number of rotatable bonds is 4. The fourth-order valence-corrected chi connectivity index (χ4v) is 5.41. The lowest BCUT2D eigenvalue weighted by Gasteiger charge is -2.38. The molecule has 0 aromatic carbocycles. The monoisotopic (exact) mass is 406 g/mol. The van der Waals surface area contributed by atoms with Crippen molar-refractivity contribution in [3.8, 4) is 11.8 Å². The van der Waals surface area contributed by atoms with Crippen LogP contribution in [0.5, 0.6) is 0 Å². The zero-order chi connectivity index (χ0) is 19.7. The first-order valence-electron chi connectivity index (χ1n) is 8.51. The van der Waals surface area contributed by atoms with E-state index in [2.05, 4.69) is 21.8 Å². The molecule has 1 aliphatic heterocycles. The molecule has 0 spiro atoms. The van der Waals surface area contributed by atoms with Gasteiger partial charge in [0, 0.05) is 37.6 Å². The molecule has 0 radical (unpaired) electrons. The Hall–Kier alpha value is -1.99. The van der Waals surface area contributed by atoms with Crippen molar-refractivity contribution < 1.29 is 13.5 Å². The highest BCUT2D eigenvalue weighted by molar-refractivity contribution is 7.91. The summed E-state index contributed by atoms with van der Waals surface area (Å²) in [6.45, 7) is 6.08. The van der Waals surface area contributed by atoms with E-state index in [4.69, 9.17) is 0 Å². The standard InChI is InChI=1S/C18H22N4O3S2/c1-4-6-15-13-21(27(24,25)16-7-5-10-26-16)8-9-22(15)17-19-11-14(12-20-17)18(2,3)23/h5,7,10-12,15,23H,8-9,13H2,1-3H3/t15-/m0/s1. The molecule has 1 N–H and O–H groups in total. The number of nitrogens with zero attached hydrogens (tertiary/aromatic N) is 4. The summed E-state index contributed by atoms with van der Waals surface area (Å²) in [5, 5.41) is 11.8. The molecule has 0 bridgehead atoms. The van der Waals surface area contributed by atoms with Gasteiger partial charge in [0.05, 0.1) is 5.60 Å². The number of sulfonamides is 1. The summed E-state index contributed by atoms with van der Waals surface area (Å²) in [5.74, 6) is 6.42. The Kier molecular flexibility index (Phi) is 5.53. The second-order valence-corrected chi connectivity index (χ2v) is 9.84. The summed E-state index contributed by atoms with van der Waals surface area (Å²) in [4.78, 5) is 10.6. The molecule has 0 aliphatic carbocycles. The van der Waals surface area contributed by atoms with Gasteiger partial charge < -0.3 is 10.0 Å². The van der Waals surface area contributed by atoms with Crippen molar-refractivity contribution in [1.82, 2.24) is 14.3 Å². The van der Waals surface area contributed by atoms with Gasteiger partial charge in [0.1, 0.15) is 10.3 Å². The van der Waals surface area contributed by atoms with Gasteiger partial charge in [0.25, 0.3) is 10.0 Å². The minimum absolute atomic E-state index is 0.248. The van der Waals surface area contributed by atoms with Crippen LogP contribution in [-0.4, -0.2) is 53.5 Å². The van der Waals surface area contributed by atoms with Gasteiger partial charge in [-0.2, -0.15) is 4.31 Å². The Morgan fingerprint density at radius 1 is 1.30 bits per heavy atom. The molecule has 1 fully saturated rings. The highest BCUT2D eigenvalue weighted by Crippen LogP contribution is 2.26. The summed E-state index contributed by atoms with van der Waals surface area (Å²) in [6.07, 6.45) is 3.18. The van der Waals surface area contributed by atoms with E-state index in [1.165, 1.54) is 15.6 Å². The maximum atomic E-state index is 12.8. The van der Waals surface area contributed by atoms with Crippen LogP contribution in [0.4, 0.5) is 5.95 Å². The Labute approximate surface area is 163 Å². The third-order valence-electron chi connectivity index (χ3n) is 4.34. The van der Waals surface area contributed by atoms with Crippen molar-refractivity contribution in [2.45, 2.75) is 36.6 Å². The highest BCUT2D eigenvalue weighted by Gasteiger charge is 2.35. The van der Waals surface area contributed by atoms with Gasteiger partial charge in [-0.3, -0.25) is 0 Å². The Morgan fingerprint density at radius 3 is 2.56 bits per heavy atom. The third kappa shape index (κ3) is 4.14. The first kappa shape index (κ1) is 19.8. The second-order valence-electron chi connectivity index (χ2n) is 6.73. The predicted octanol–water partition coefficient (Wildman–Crippen LogP) is 1.67. The average Bonchev–Trinajstić information content (AvgIpc) is 3.17. The van der Waals surface area contributed by atoms with Gasteiger partial charge in [0.15, 0.2) is 0 Å². The molecule has 2 aromatic heterocycles. The Bertz CT molecular complexity index is 939. The largest absolute Gasteiger partial charge is 0.386 e. The molecule has 2 aromatic rings. The zero-order valence-corrected chi connectivity index (χ0v) is 17.1. The number of aromatic nitrogens is 2. The lowest BCUT2D eigenvalue weighted by Crippen LogP contribution is -2.54. The van der Waals surface area contributed by atoms with Crippen LogP contribution >= 0.6 is 11.3 Å². The maximum absolute atomic E-state index is 12.8. The fraction of sp³-hybridized carbons (Fsp3) is 0.444. The molecule has 0 amide bonds. The Morgan fingerprint density at radius 2 is 2.00 bits per heavy atom. The predicted molar refractivity (Wildman–Crippen MR) is 105 cm³/mol. The van der Waals surface area contributed by atoms with Gasteiger partial charge in [-0.25, -0.2) is 18.4 Å². The fourth-order valence-electron chi connectivity index (χ4n) is 2.83. The summed E-state index contributed by atoms with van der Waals surface area (Å²) >= 11 is 1.21. The molecule has 3 rings (SSSR count). The van der Waals surface area contributed by atoms with E-state index in [-0.39, 0.29) is 12.6 Å². The summed E-state index contributed by atoms with van der Waals surface area (Å²) in [7, 11) is -3.52. The molecule has 1 saturated heterocycles. The minimum Gasteiger partial charge on any atom is -0.386 e. The van der Waals surface area contributed by atoms with E-state index in [1.54, 1.807) is 50.7 Å². The van der Waals surface area contributed by atoms with E-state index in [0.717, 1.165) is 0 Å². The lowest BCUT2D eigenvalue weighted by atomic mass is 10.0. The molecular weight excluding hydrogens is 384 g/mol. The van der Waals surface area contributed by atoms with Crippen LogP contribution in [0.15, 0.2) is 34.1 Å². The van der Waals surface area contributed by atoms with Crippen LogP contribution in [0.25, 0.3) is 0 Å². The topological polar surface area (TPSA) is 86.6 Å². The van der Waals surface area contributed by atoms with Crippen molar-refractivity contribution in [3.63, 3.8) is 0 Å².